The van der Waals surface area contributed by atoms with E-state index in [9.17, 15) is 19.2 Å². The van der Waals surface area contributed by atoms with Crippen molar-refractivity contribution in [2.45, 2.75) is 84.0 Å². The molecule has 0 saturated carbocycles. The normalized spacial score (nSPS) is 11.3. The maximum atomic E-state index is 11.8. The number of carbonyl (C=O) groups is 4. The van der Waals surface area contributed by atoms with Crippen LogP contribution in [-0.4, -0.2) is 187 Å². The molecule has 0 aliphatic heterocycles. The quantitative estimate of drug-likeness (QED) is 0.0527. The van der Waals surface area contributed by atoms with Gasteiger partial charge in [0.05, 0.1) is 152 Å². The van der Waals surface area contributed by atoms with E-state index in [-0.39, 0.29) is 38.6 Å². The standard InChI is InChI=1S/C41H76O18/c1-2-3-4-5-6-7-8-9-10-11-39(43)58-36-34-56-32-30-54-28-26-52-24-22-50-20-18-48-16-14-47-15-17-49-19-21-51-23-25-53-27-29-55-31-33-57-35-37-59-40(44)13-12-38(42)41(45)46/h2-37H2,1H3,(H,45,46). The SMILES string of the molecule is CCCCCCCCCCCC(=O)OCCOCCOCCOCCOCCOCCOCCOCCOCCOCCOCCOCCOC(=O)CCC(=O)C(=O)O. The van der Waals surface area contributed by atoms with Crippen LogP contribution in [0.4, 0.5) is 0 Å². The first-order valence-electron chi connectivity index (χ1n) is 21.4. The van der Waals surface area contributed by atoms with Crippen LogP contribution in [0.1, 0.15) is 84.0 Å². The van der Waals surface area contributed by atoms with Crippen molar-refractivity contribution >= 4 is 23.7 Å². The van der Waals surface area contributed by atoms with E-state index in [1.807, 2.05) is 0 Å². The number of carboxylic acid groups (broad SMARTS) is 1. The molecule has 0 aromatic heterocycles. The lowest BCUT2D eigenvalue weighted by Gasteiger charge is -2.09. The number of hydrogen-bond donors (Lipinski definition) is 1. The van der Waals surface area contributed by atoms with Gasteiger partial charge in [-0.15, -0.1) is 0 Å². The minimum Gasteiger partial charge on any atom is -0.476 e. The van der Waals surface area contributed by atoms with E-state index in [1.165, 1.54) is 44.9 Å². The molecule has 0 aliphatic rings. The Kier molecular flexibility index (Phi) is 46.4. The Hall–Kier alpha value is -2.36. The minimum atomic E-state index is -1.57. The highest BCUT2D eigenvalue weighted by molar-refractivity contribution is 6.32. The second kappa shape index (κ2) is 48.3. The van der Waals surface area contributed by atoms with Crippen molar-refractivity contribution in [3.63, 3.8) is 0 Å². The zero-order valence-corrected chi connectivity index (χ0v) is 35.8. The fraction of sp³-hybridized carbons (Fsp3) is 0.902. The number of ether oxygens (including phenoxy) is 13. The Balaban J connectivity index is 3.15. The maximum Gasteiger partial charge on any atom is 0.372 e. The summed E-state index contributed by atoms with van der Waals surface area (Å²) < 4.78 is 69.9. The molecule has 0 unspecified atom stereocenters. The highest BCUT2D eigenvalue weighted by Gasteiger charge is 2.14. The number of Topliss-reactive ketones (excluding diaryl/α,β-unsaturated/α-hetero) is 1. The van der Waals surface area contributed by atoms with E-state index in [0.29, 0.717) is 145 Å². The number of carbonyl (C=O) groups excluding carboxylic acids is 3. The third-order valence-corrected chi connectivity index (χ3v) is 7.98. The molecule has 0 aromatic carbocycles. The molecule has 348 valence electrons. The van der Waals surface area contributed by atoms with Gasteiger partial charge in [-0.2, -0.15) is 0 Å². The fourth-order valence-corrected chi connectivity index (χ4v) is 4.78. The summed E-state index contributed by atoms with van der Waals surface area (Å²) in [7, 11) is 0. The number of carboxylic acids is 1. The summed E-state index contributed by atoms with van der Waals surface area (Å²) in [6.07, 6.45) is 10.8. The van der Waals surface area contributed by atoms with Crippen molar-refractivity contribution in [2.24, 2.45) is 0 Å². The Bertz CT molecular complexity index is 940. The number of esters is 2. The lowest BCUT2D eigenvalue weighted by molar-refractivity contribution is -0.151. The van der Waals surface area contributed by atoms with Crippen LogP contribution >= 0.6 is 0 Å². The Morgan fingerprint density at radius 2 is 0.542 bits per heavy atom. The van der Waals surface area contributed by atoms with Gasteiger partial charge in [-0.05, 0) is 6.42 Å². The van der Waals surface area contributed by atoms with Gasteiger partial charge in [-0.1, -0.05) is 58.3 Å². The zero-order chi connectivity index (χ0) is 43.0. The van der Waals surface area contributed by atoms with E-state index >= 15 is 0 Å². The van der Waals surface area contributed by atoms with Crippen molar-refractivity contribution in [3.8, 4) is 0 Å². The molecule has 18 heteroatoms. The Morgan fingerprint density at radius 1 is 0.305 bits per heavy atom. The second-order valence-electron chi connectivity index (χ2n) is 13.0. The number of aliphatic carboxylic acids is 1. The van der Waals surface area contributed by atoms with Gasteiger partial charge in [0, 0.05) is 12.8 Å². The first-order chi connectivity index (χ1) is 29.0. The molecule has 0 amide bonds. The van der Waals surface area contributed by atoms with E-state index in [2.05, 4.69) is 6.92 Å². The topological polar surface area (TPSA) is 208 Å². The molecule has 18 nitrogen and oxygen atoms in total. The van der Waals surface area contributed by atoms with Crippen LogP contribution in [0.5, 0.6) is 0 Å². The van der Waals surface area contributed by atoms with Gasteiger partial charge in [0.15, 0.2) is 0 Å². The highest BCUT2D eigenvalue weighted by Crippen LogP contribution is 2.10. The van der Waals surface area contributed by atoms with Crippen molar-refractivity contribution in [1.82, 2.24) is 0 Å². The molecular formula is C41H76O18. The molecule has 0 atom stereocenters. The third kappa shape index (κ3) is 48.2. The van der Waals surface area contributed by atoms with Gasteiger partial charge in [0.1, 0.15) is 13.2 Å². The van der Waals surface area contributed by atoms with Crippen LogP contribution in [-0.2, 0) is 80.8 Å². The van der Waals surface area contributed by atoms with E-state index in [1.54, 1.807) is 0 Å². The zero-order valence-electron chi connectivity index (χ0n) is 35.8. The molecule has 0 aromatic rings. The minimum absolute atomic E-state index is 0.00929. The number of rotatable bonds is 50. The van der Waals surface area contributed by atoms with E-state index in [0.717, 1.165) is 12.8 Å². The summed E-state index contributed by atoms with van der Waals surface area (Å²) in [6.45, 7) is 11.9. The molecule has 0 fully saturated rings. The highest BCUT2D eigenvalue weighted by atomic mass is 16.6. The van der Waals surface area contributed by atoms with Gasteiger partial charge in [0.25, 0.3) is 0 Å². The molecule has 0 aliphatic carbocycles. The third-order valence-electron chi connectivity index (χ3n) is 7.98. The molecule has 0 radical (unpaired) electrons. The van der Waals surface area contributed by atoms with Crippen LogP contribution in [0.3, 0.4) is 0 Å². The molecule has 0 spiro atoms. The average Bonchev–Trinajstić information content (AvgIpc) is 3.23. The number of unbranched alkanes of at least 4 members (excludes halogenated alkanes) is 8. The average molecular weight is 857 g/mol. The maximum absolute atomic E-state index is 11.8. The van der Waals surface area contributed by atoms with Gasteiger partial charge in [-0.25, -0.2) is 4.79 Å². The smallest absolute Gasteiger partial charge is 0.372 e. The van der Waals surface area contributed by atoms with Gasteiger partial charge >= 0.3 is 17.9 Å². The monoisotopic (exact) mass is 857 g/mol. The van der Waals surface area contributed by atoms with Gasteiger partial charge in [-0.3, -0.25) is 14.4 Å². The van der Waals surface area contributed by atoms with Crippen LogP contribution in [0, 0.1) is 0 Å². The van der Waals surface area contributed by atoms with Crippen molar-refractivity contribution in [2.75, 3.05) is 159 Å². The summed E-state index contributed by atoms with van der Waals surface area (Å²) in [5, 5.41) is 8.46. The lowest BCUT2D eigenvalue weighted by atomic mass is 10.1. The van der Waals surface area contributed by atoms with Gasteiger partial charge < -0.3 is 66.7 Å². The van der Waals surface area contributed by atoms with Crippen LogP contribution in [0.15, 0.2) is 0 Å². The summed E-state index contributed by atoms with van der Waals surface area (Å²) in [6, 6.07) is 0. The van der Waals surface area contributed by atoms with Gasteiger partial charge in [0.2, 0.25) is 5.78 Å². The van der Waals surface area contributed by atoms with Crippen molar-refractivity contribution in [1.29, 1.82) is 0 Å². The van der Waals surface area contributed by atoms with Crippen LogP contribution in [0.25, 0.3) is 0 Å². The molecular weight excluding hydrogens is 780 g/mol. The second-order valence-corrected chi connectivity index (χ2v) is 13.0. The molecule has 0 heterocycles. The molecule has 0 rings (SSSR count). The van der Waals surface area contributed by atoms with E-state index < -0.39 is 17.7 Å². The molecule has 0 bridgehead atoms. The van der Waals surface area contributed by atoms with Crippen LogP contribution in [0.2, 0.25) is 0 Å². The summed E-state index contributed by atoms with van der Waals surface area (Å²) in [5.41, 5.74) is 0. The predicted octanol–water partition coefficient (Wildman–Crippen LogP) is 3.61. The number of ketones is 1. The number of hydrogen-bond acceptors (Lipinski definition) is 17. The fourth-order valence-electron chi connectivity index (χ4n) is 4.78. The van der Waals surface area contributed by atoms with Crippen LogP contribution < -0.4 is 0 Å². The molecule has 59 heavy (non-hydrogen) atoms. The summed E-state index contributed by atoms with van der Waals surface area (Å²) >= 11 is 0. The largest absolute Gasteiger partial charge is 0.476 e. The first kappa shape index (κ1) is 56.6. The summed E-state index contributed by atoms with van der Waals surface area (Å²) in [5.74, 6) is -3.39. The Labute approximate surface area is 351 Å². The Morgan fingerprint density at radius 3 is 0.814 bits per heavy atom. The first-order valence-corrected chi connectivity index (χ1v) is 21.4. The lowest BCUT2D eigenvalue weighted by Crippen LogP contribution is -2.17. The van der Waals surface area contributed by atoms with Crippen molar-refractivity contribution in [3.05, 3.63) is 0 Å². The molecule has 1 N–H and O–H groups in total. The van der Waals surface area contributed by atoms with Crippen molar-refractivity contribution < 1.29 is 85.9 Å². The molecule has 0 saturated heterocycles. The van der Waals surface area contributed by atoms with E-state index in [4.69, 9.17) is 66.7 Å². The summed E-state index contributed by atoms with van der Waals surface area (Å²) in [4.78, 5) is 44.5. The predicted molar refractivity (Wildman–Crippen MR) is 215 cm³/mol.